The highest BCUT2D eigenvalue weighted by Crippen LogP contribution is 2.46. The van der Waals surface area contributed by atoms with Crippen LogP contribution >= 0.6 is 0 Å². The molecule has 0 saturated carbocycles. The van der Waals surface area contributed by atoms with E-state index in [0.717, 1.165) is 11.4 Å². The summed E-state index contributed by atoms with van der Waals surface area (Å²) >= 11 is 0. The molecule has 4 rings (SSSR count). The number of nitrogens with zero attached hydrogens (tertiary/aromatic N) is 2. The highest BCUT2D eigenvalue weighted by Gasteiger charge is 2.60. The Labute approximate surface area is 141 Å². The molecule has 0 radical (unpaired) electrons. The lowest BCUT2D eigenvalue weighted by Gasteiger charge is -2.45. The molecule has 2 unspecified atom stereocenters. The van der Waals surface area contributed by atoms with Crippen molar-refractivity contribution >= 4 is 11.6 Å². The Hall–Kier alpha value is -2.37. The average molecular weight is 324 g/mol. The second kappa shape index (κ2) is 5.61. The molecule has 0 aliphatic carbocycles. The molecule has 0 bridgehead atoms. The normalized spacial score (nSPS) is 26.7. The number of hydrogen-bond acceptors (Lipinski definition) is 4. The zero-order valence-corrected chi connectivity index (χ0v) is 13.8. The largest absolute Gasteiger partial charge is 0.497 e. The van der Waals surface area contributed by atoms with Gasteiger partial charge >= 0.3 is 0 Å². The molecule has 1 amide bonds. The highest BCUT2D eigenvalue weighted by molar-refractivity contribution is 6.07. The Morgan fingerprint density at radius 3 is 2.46 bits per heavy atom. The summed E-state index contributed by atoms with van der Waals surface area (Å²) in [6.45, 7) is 0.575. The number of benzene rings is 2. The van der Waals surface area contributed by atoms with Gasteiger partial charge in [-0.25, -0.2) is 0 Å². The van der Waals surface area contributed by atoms with E-state index in [9.17, 15) is 4.79 Å². The topological polar surface area (TPSA) is 42.0 Å². The van der Waals surface area contributed by atoms with E-state index in [1.165, 1.54) is 5.56 Å². The molecular formula is C19H20N2O3. The summed E-state index contributed by atoms with van der Waals surface area (Å²) in [5.74, 6) is 0.806. The number of β-lactam (4-membered cyclic amide) rings is 1. The number of amides is 1. The molecular weight excluding hydrogens is 304 g/mol. The van der Waals surface area contributed by atoms with E-state index in [-0.39, 0.29) is 11.9 Å². The molecule has 2 aliphatic heterocycles. The van der Waals surface area contributed by atoms with Crippen molar-refractivity contribution in [2.45, 2.75) is 18.1 Å². The third-order valence-corrected chi connectivity index (χ3v) is 4.90. The van der Waals surface area contributed by atoms with Crippen LogP contribution in [-0.2, 0) is 9.63 Å². The van der Waals surface area contributed by atoms with Crippen LogP contribution in [0.3, 0.4) is 0 Å². The van der Waals surface area contributed by atoms with Crippen molar-refractivity contribution in [2.24, 2.45) is 0 Å². The third-order valence-electron chi connectivity index (χ3n) is 4.90. The summed E-state index contributed by atoms with van der Waals surface area (Å²) in [5, 5.41) is 1.82. The summed E-state index contributed by atoms with van der Waals surface area (Å²) in [5.41, 5.74) is 1.32. The monoisotopic (exact) mass is 324 g/mol. The number of ether oxygens (including phenoxy) is 1. The first-order valence-corrected chi connectivity index (χ1v) is 8.06. The number of hydrogen-bond donors (Lipinski definition) is 0. The fourth-order valence-electron chi connectivity index (χ4n) is 3.56. The first kappa shape index (κ1) is 15.2. The van der Waals surface area contributed by atoms with Crippen molar-refractivity contribution in [1.29, 1.82) is 0 Å². The quantitative estimate of drug-likeness (QED) is 0.814. The molecule has 0 N–H and O–H groups in total. The van der Waals surface area contributed by atoms with Gasteiger partial charge in [0.25, 0.3) is 5.91 Å². The van der Waals surface area contributed by atoms with Crippen LogP contribution in [0.1, 0.15) is 18.0 Å². The van der Waals surface area contributed by atoms with Crippen molar-refractivity contribution in [2.75, 3.05) is 25.6 Å². The smallest absolute Gasteiger partial charge is 0.263 e. The second-order valence-corrected chi connectivity index (χ2v) is 6.35. The van der Waals surface area contributed by atoms with Crippen LogP contribution in [-0.4, -0.2) is 37.3 Å². The van der Waals surface area contributed by atoms with E-state index in [2.05, 4.69) is 12.1 Å². The Kier molecular flexibility index (Phi) is 3.55. The van der Waals surface area contributed by atoms with Gasteiger partial charge in [0.15, 0.2) is 5.60 Å². The molecule has 2 aliphatic rings. The number of hydroxylamine groups is 2. The molecule has 0 aromatic heterocycles. The lowest BCUT2D eigenvalue weighted by atomic mass is 9.84. The van der Waals surface area contributed by atoms with Crippen LogP contribution in [0.15, 0.2) is 54.6 Å². The standard InChI is InChI=1S/C19H20N2O3/c1-20-17(14-6-4-3-5-7-14)12-19(24-20)13-21(18(19)22)15-8-10-16(23-2)11-9-15/h3-11,17H,12-13H2,1-2H3. The number of anilines is 1. The van der Waals surface area contributed by atoms with Crippen LogP contribution in [0.4, 0.5) is 5.69 Å². The van der Waals surface area contributed by atoms with Gasteiger partial charge in [0.2, 0.25) is 0 Å². The number of carbonyl (C=O) groups is 1. The molecule has 2 aromatic carbocycles. The molecule has 24 heavy (non-hydrogen) atoms. The summed E-state index contributed by atoms with van der Waals surface area (Å²) in [6.07, 6.45) is 0.680. The zero-order chi connectivity index (χ0) is 16.7. The van der Waals surface area contributed by atoms with E-state index in [1.807, 2.05) is 54.6 Å². The fourth-order valence-corrected chi connectivity index (χ4v) is 3.56. The predicted octanol–water partition coefficient (Wildman–Crippen LogP) is 2.79. The molecule has 5 heteroatoms. The Bertz CT molecular complexity index is 747. The van der Waals surface area contributed by atoms with Crippen LogP contribution in [0.2, 0.25) is 0 Å². The van der Waals surface area contributed by atoms with Gasteiger partial charge in [-0.3, -0.25) is 9.63 Å². The Morgan fingerprint density at radius 2 is 1.83 bits per heavy atom. The van der Waals surface area contributed by atoms with Crippen molar-refractivity contribution < 1.29 is 14.4 Å². The van der Waals surface area contributed by atoms with Crippen LogP contribution in [0, 0.1) is 0 Å². The van der Waals surface area contributed by atoms with E-state index < -0.39 is 5.60 Å². The zero-order valence-electron chi connectivity index (χ0n) is 13.8. The summed E-state index contributed by atoms with van der Waals surface area (Å²) in [4.78, 5) is 20.5. The highest BCUT2D eigenvalue weighted by atomic mass is 16.7. The minimum Gasteiger partial charge on any atom is -0.497 e. The molecule has 2 saturated heterocycles. The van der Waals surface area contributed by atoms with E-state index in [0.29, 0.717) is 13.0 Å². The van der Waals surface area contributed by atoms with Crippen LogP contribution in [0.25, 0.3) is 0 Å². The molecule has 2 aromatic rings. The molecule has 2 atom stereocenters. The molecule has 1 spiro atoms. The van der Waals surface area contributed by atoms with Crippen molar-refractivity contribution in [1.82, 2.24) is 5.06 Å². The summed E-state index contributed by atoms with van der Waals surface area (Å²) in [7, 11) is 3.53. The van der Waals surface area contributed by atoms with Gasteiger partial charge in [-0.05, 0) is 29.8 Å². The van der Waals surface area contributed by atoms with Gasteiger partial charge in [0.05, 0.1) is 19.7 Å². The van der Waals surface area contributed by atoms with E-state index in [4.69, 9.17) is 9.57 Å². The first-order chi connectivity index (χ1) is 11.6. The lowest BCUT2D eigenvalue weighted by Crippen LogP contribution is -2.67. The first-order valence-electron chi connectivity index (χ1n) is 8.06. The third kappa shape index (κ3) is 2.28. The maximum Gasteiger partial charge on any atom is 0.263 e. The Balaban J connectivity index is 1.51. The number of methoxy groups -OCH3 is 1. The average Bonchev–Trinajstić information content (AvgIpc) is 3.00. The fraction of sp³-hybridized carbons (Fsp3) is 0.316. The molecule has 5 nitrogen and oxygen atoms in total. The van der Waals surface area contributed by atoms with Gasteiger partial charge in [0, 0.05) is 19.2 Å². The van der Waals surface area contributed by atoms with E-state index in [1.54, 1.807) is 12.0 Å². The Morgan fingerprint density at radius 1 is 1.12 bits per heavy atom. The summed E-state index contributed by atoms with van der Waals surface area (Å²) < 4.78 is 5.16. The SMILES string of the molecule is COc1ccc(N2CC3(CC(c4ccccc4)N(C)O3)C2=O)cc1. The van der Waals surface area contributed by atoms with Crippen LogP contribution < -0.4 is 9.64 Å². The molecule has 124 valence electrons. The van der Waals surface area contributed by atoms with Gasteiger partial charge in [-0.15, -0.1) is 0 Å². The maximum atomic E-state index is 12.8. The number of rotatable bonds is 3. The van der Waals surface area contributed by atoms with Gasteiger partial charge < -0.3 is 9.64 Å². The van der Waals surface area contributed by atoms with Crippen LogP contribution in [0.5, 0.6) is 5.75 Å². The van der Waals surface area contributed by atoms with Gasteiger partial charge in [-0.2, -0.15) is 5.06 Å². The minimum absolute atomic E-state index is 0.0259. The predicted molar refractivity (Wildman–Crippen MR) is 90.7 cm³/mol. The van der Waals surface area contributed by atoms with Gasteiger partial charge in [-0.1, -0.05) is 30.3 Å². The van der Waals surface area contributed by atoms with Crippen molar-refractivity contribution in [3.63, 3.8) is 0 Å². The van der Waals surface area contributed by atoms with E-state index >= 15 is 0 Å². The maximum absolute atomic E-state index is 12.8. The second-order valence-electron chi connectivity index (χ2n) is 6.35. The van der Waals surface area contributed by atoms with Gasteiger partial charge in [0.1, 0.15) is 5.75 Å². The minimum atomic E-state index is -0.727. The van der Waals surface area contributed by atoms with Crippen molar-refractivity contribution in [3.8, 4) is 5.75 Å². The summed E-state index contributed by atoms with van der Waals surface area (Å²) in [6, 6.07) is 17.8. The molecule has 2 heterocycles. The lowest BCUT2D eigenvalue weighted by molar-refractivity contribution is -0.204. The number of carbonyl (C=O) groups excluding carboxylic acids is 1. The van der Waals surface area contributed by atoms with Crippen molar-refractivity contribution in [3.05, 3.63) is 60.2 Å². The molecule has 2 fully saturated rings.